The maximum atomic E-state index is 12.0. The van der Waals surface area contributed by atoms with E-state index in [-0.39, 0.29) is 5.13 Å². The Morgan fingerprint density at radius 3 is 2.71 bits per heavy atom. The summed E-state index contributed by atoms with van der Waals surface area (Å²) in [6, 6.07) is 3.55. The highest BCUT2D eigenvalue weighted by Gasteiger charge is 2.39. The second kappa shape index (κ2) is 4.41. The van der Waals surface area contributed by atoms with Gasteiger partial charge in [-0.2, -0.15) is 13.2 Å². The third-order valence-electron chi connectivity index (χ3n) is 1.63. The molecule has 0 radical (unpaired) electrons. The number of carbonyl (C=O) groups excluding carboxylic acids is 1. The van der Waals surface area contributed by atoms with E-state index in [4.69, 9.17) is 0 Å². The van der Waals surface area contributed by atoms with Gasteiger partial charge in [-0.15, -0.1) is 21.5 Å². The number of thiophene rings is 1. The minimum Gasteiger partial charge on any atom is -0.293 e. The van der Waals surface area contributed by atoms with Crippen LogP contribution >= 0.6 is 22.7 Å². The fourth-order valence-corrected chi connectivity index (χ4v) is 2.47. The Morgan fingerprint density at radius 2 is 2.12 bits per heavy atom. The summed E-state index contributed by atoms with van der Waals surface area (Å²) in [6.07, 6.45) is -4.92. The number of nitrogens with zero attached hydrogens (tertiary/aromatic N) is 2. The topological polar surface area (TPSA) is 54.9 Å². The lowest BCUT2D eigenvalue weighted by Gasteiger charge is -2.03. The highest BCUT2D eigenvalue weighted by molar-refractivity contribution is 7.23. The molecule has 1 N–H and O–H groups in total. The van der Waals surface area contributed by atoms with Gasteiger partial charge in [0.05, 0.1) is 4.88 Å². The van der Waals surface area contributed by atoms with Crippen molar-refractivity contribution >= 4 is 33.7 Å². The quantitative estimate of drug-likeness (QED) is 0.919. The number of aromatic nitrogens is 2. The molecule has 0 unspecified atom stereocenters. The molecule has 4 nitrogen and oxygen atoms in total. The number of nitrogens with one attached hydrogen (secondary N) is 1. The van der Waals surface area contributed by atoms with Gasteiger partial charge in [-0.1, -0.05) is 17.4 Å². The largest absolute Gasteiger partial charge is 0.471 e. The molecule has 9 heteroatoms. The number of halogens is 3. The van der Waals surface area contributed by atoms with Gasteiger partial charge in [0.2, 0.25) is 5.13 Å². The molecule has 0 saturated carbocycles. The number of hydrogen-bond acceptors (Lipinski definition) is 5. The highest BCUT2D eigenvalue weighted by atomic mass is 32.1. The van der Waals surface area contributed by atoms with Crippen molar-refractivity contribution < 1.29 is 18.0 Å². The van der Waals surface area contributed by atoms with E-state index in [0.717, 1.165) is 16.2 Å². The Bertz CT molecular complexity index is 520. The first-order valence-electron chi connectivity index (χ1n) is 4.22. The molecule has 0 saturated heterocycles. The SMILES string of the molecule is O=C(Nc1nnc(-c2cccs2)s1)C(F)(F)F. The first-order chi connectivity index (χ1) is 7.97. The summed E-state index contributed by atoms with van der Waals surface area (Å²) in [6.45, 7) is 0. The van der Waals surface area contributed by atoms with Crippen LogP contribution in [0.15, 0.2) is 17.5 Å². The lowest BCUT2D eigenvalue weighted by molar-refractivity contribution is -0.167. The fraction of sp³-hybridized carbons (Fsp3) is 0.125. The Labute approximate surface area is 101 Å². The van der Waals surface area contributed by atoms with E-state index in [2.05, 4.69) is 10.2 Å². The van der Waals surface area contributed by atoms with Crippen LogP contribution in [0.5, 0.6) is 0 Å². The molecular weight excluding hydrogens is 275 g/mol. The second-order valence-corrected chi connectivity index (χ2v) is 4.77. The van der Waals surface area contributed by atoms with Crippen molar-refractivity contribution in [1.82, 2.24) is 10.2 Å². The molecule has 0 bridgehead atoms. The van der Waals surface area contributed by atoms with Gasteiger partial charge in [-0.05, 0) is 11.4 Å². The molecule has 1 amide bonds. The number of alkyl halides is 3. The number of hydrogen-bond donors (Lipinski definition) is 1. The average molecular weight is 279 g/mol. The van der Waals surface area contributed by atoms with Gasteiger partial charge >= 0.3 is 12.1 Å². The van der Waals surface area contributed by atoms with Crippen molar-refractivity contribution in [2.75, 3.05) is 5.32 Å². The summed E-state index contributed by atoms with van der Waals surface area (Å²) in [5.74, 6) is -2.05. The molecule has 0 aliphatic heterocycles. The van der Waals surface area contributed by atoms with Gasteiger partial charge in [0.15, 0.2) is 5.01 Å². The molecule has 0 aliphatic carbocycles. The molecule has 0 aliphatic rings. The lowest BCUT2D eigenvalue weighted by atomic mass is 10.5. The van der Waals surface area contributed by atoms with Crippen LogP contribution < -0.4 is 5.32 Å². The van der Waals surface area contributed by atoms with Crippen LogP contribution in [0.25, 0.3) is 9.88 Å². The van der Waals surface area contributed by atoms with E-state index in [1.54, 1.807) is 17.4 Å². The smallest absolute Gasteiger partial charge is 0.293 e. The average Bonchev–Trinajstić information content (AvgIpc) is 2.83. The van der Waals surface area contributed by atoms with E-state index in [0.29, 0.717) is 5.01 Å². The van der Waals surface area contributed by atoms with Crippen LogP contribution in [0.2, 0.25) is 0 Å². The molecule has 2 heterocycles. The van der Waals surface area contributed by atoms with E-state index in [1.165, 1.54) is 11.3 Å². The van der Waals surface area contributed by atoms with E-state index in [9.17, 15) is 18.0 Å². The second-order valence-electron chi connectivity index (χ2n) is 2.84. The van der Waals surface area contributed by atoms with Crippen molar-refractivity contribution in [2.24, 2.45) is 0 Å². The molecule has 90 valence electrons. The monoisotopic (exact) mass is 279 g/mol. The summed E-state index contributed by atoms with van der Waals surface area (Å²) in [4.78, 5) is 11.4. The fourth-order valence-electron chi connectivity index (χ4n) is 0.942. The van der Waals surface area contributed by atoms with Crippen LogP contribution in [-0.4, -0.2) is 22.3 Å². The minimum absolute atomic E-state index is 0.171. The molecular formula is C8H4F3N3OS2. The van der Waals surface area contributed by atoms with E-state index in [1.807, 2.05) is 5.38 Å². The van der Waals surface area contributed by atoms with Crippen LogP contribution in [0.1, 0.15) is 0 Å². The molecule has 2 aromatic heterocycles. The van der Waals surface area contributed by atoms with E-state index >= 15 is 0 Å². The van der Waals surface area contributed by atoms with E-state index < -0.39 is 12.1 Å². The van der Waals surface area contributed by atoms with Gasteiger partial charge in [0.1, 0.15) is 0 Å². The third kappa shape index (κ3) is 2.80. The van der Waals surface area contributed by atoms with Gasteiger partial charge in [-0.25, -0.2) is 0 Å². The summed E-state index contributed by atoms with van der Waals surface area (Å²) >= 11 is 2.28. The normalized spacial score (nSPS) is 11.5. The van der Waals surface area contributed by atoms with Crippen LogP contribution in [0.3, 0.4) is 0 Å². The zero-order valence-electron chi connectivity index (χ0n) is 7.99. The number of anilines is 1. The Morgan fingerprint density at radius 1 is 1.35 bits per heavy atom. The van der Waals surface area contributed by atoms with Crippen molar-refractivity contribution in [1.29, 1.82) is 0 Å². The number of rotatable bonds is 2. The molecule has 0 atom stereocenters. The van der Waals surface area contributed by atoms with Crippen LogP contribution in [0.4, 0.5) is 18.3 Å². The molecule has 2 rings (SSSR count). The van der Waals surface area contributed by atoms with Gasteiger partial charge < -0.3 is 0 Å². The first kappa shape index (κ1) is 12.0. The number of carbonyl (C=O) groups is 1. The Hall–Kier alpha value is -1.48. The van der Waals surface area contributed by atoms with Gasteiger partial charge in [0.25, 0.3) is 0 Å². The van der Waals surface area contributed by atoms with Crippen molar-refractivity contribution in [3.63, 3.8) is 0 Å². The van der Waals surface area contributed by atoms with Gasteiger partial charge in [-0.3, -0.25) is 10.1 Å². The highest BCUT2D eigenvalue weighted by Crippen LogP contribution is 2.30. The molecule has 0 spiro atoms. The summed E-state index contributed by atoms with van der Waals surface area (Å²) in [7, 11) is 0. The zero-order valence-corrected chi connectivity index (χ0v) is 9.62. The lowest BCUT2D eigenvalue weighted by Crippen LogP contribution is -2.29. The summed E-state index contributed by atoms with van der Waals surface area (Å²) in [5, 5.41) is 10.9. The predicted octanol–water partition coefficient (Wildman–Crippen LogP) is 2.77. The molecule has 0 aromatic carbocycles. The van der Waals surface area contributed by atoms with Crippen molar-refractivity contribution in [3.05, 3.63) is 17.5 Å². The molecule has 0 fully saturated rings. The Balaban J connectivity index is 2.12. The summed E-state index contributed by atoms with van der Waals surface area (Å²) < 4.78 is 35.9. The minimum atomic E-state index is -4.92. The maximum Gasteiger partial charge on any atom is 0.471 e. The summed E-state index contributed by atoms with van der Waals surface area (Å²) in [5.41, 5.74) is 0. The predicted molar refractivity (Wildman–Crippen MR) is 57.9 cm³/mol. The van der Waals surface area contributed by atoms with Crippen molar-refractivity contribution in [3.8, 4) is 9.88 Å². The Kier molecular flexibility index (Phi) is 3.11. The van der Waals surface area contributed by atoms with Crippen LogP contribution in [0, 0.1) is 0 Å². The number of amides is 1. The standard InChI is InChI=1S/C8H4F3N3OS2/c9-8(10,11)6(15)12-7-14-13-5(17-7)4-2-1-3-16-4/h1-3H,(H,12,14,15). The maximum absolute atomic E-state index is 12.0. The first-order valence-corrected chi connectivity index (χ1v) is 5.92. The molecule has 2 aromatic rings. The third-order valence-corrected chi connectivity index (χ3v) is 3.51. The van der Waals surface area contributed by atoms with Crippen LogP contribution in [-0.2, 0) is 4.79 Å². The zero-order chi connectivity index (χ0) is 12.5. The van der Waals surface area contributed by atoms with Gasteiger partial charge in [0, 0.05) is 0 Å². The molecule has 17 heavy (non-hydrogen) atoms. The van der Waals surface area contributed by atoms with Crippen molar-refractivity contribution in [2.45, 2.75) is 6.18 Å².